The third-order valence-corrected chi connectivity index (χ3v) is 4.71. The van der Waals surface area contributed by atoms with Crippen LogP contribution in [0.1, 0.15) is 6.92 Å². The Kier molecular flexibility index (Phi) is 6.72. The number of hydrogen-bond acceptors (Lipinski definition) is 7. The zero-order valence-electron chi connectivity index (χ0n) is 14.9. The molecular weight excluding hydrogens is 404 g/mol. The number of benzene rings is 1. The van der Waals surface area contributed by atoms with E-state index in [0.29, 0.717) is 21.8 Å². The van der Waals surface area contributed by atoms with Gasteiger partial charge in [-0.25, -0.2) is 0 Å². The predicted octanol–water partition coefficient (Wildman–Crippen LogP) is 2.95. The smallest absolute Gasteiger partial charge is 0.325 e. The van der Waals surface area contributed by atoms with Crippen molar-refractivity contribution in [2.45, 2.75) is 12.1 Å². The van der Waals surface area contributed by atoms with E-state index in [2.05, 4.69) is 15.5 Å². The van der Waals surface area contributed by atoms with Gasteiger partial charge in [-0.2, -0.15) is 0 Å². The highest BCUT2D eigenvalue weighted by Gasteiger charge is 2.19. The molecule has 146 valence electrons. The second kappa shape index (κ2) is 9.43. The quantitative estimate of drug-likeness (QED) is 0.441. The van der Waals surface area contributed by atoms with Gasteiger partial charge in [0.25, 0.3) is 0 Å². The fourth-order valence-corrected chi connectivity index (χ4v) is 3.22. The number of amides is 1. The zero-order valence-corrected chi connectivity index (χ0v) is 16.5. The Morgan fingerprint density at radius 2 is 2.04 bits per heavy atom. The maximum atomic E-state index is 12.0. The van der Waals surface area contributed by atoms with E-state index in [1.807, 2.05) is 12.1 Å². The first-order valence-electron chi connectivity index (χ1n) is 8.39. The Hall–Kier alpha value is -2.78. The van der Waals surface area contributed by atoms with Crippen molar-refractivity contribution in [2.24, 2.45) is 0 Å². The second-order valence-corrected chi connectivity index (χ2v) is 6.84. The number of ether oxygens (including phenoxy) is 1. The van der Waals surface area contributed by atoms with Crippen LogP contribution in [0.25, 0.3) is 17.3 Å². The fourth-order valence-electron chi connectivity index (χ4n) is 2.32. The largest absolute Gasteiger partial charge is 0.465 e. The number of nitrogens with zero attached hydrogens (tertiary/aromatic N) is 3. The molecule has 0 bridgehead atoms. The van der Waals surface area contributed by atoms with Crippen LogP contribution in [0.4, 0.5) is 0 Å². The minimum atomic E-state index is -0.481. The lowest BCUT2D eigenvalue weighted by Crippen LogP contribution is -2.31. The van der Waals surface area contributed by atoms with Gasteiger partial charge >= 0.3 is 5.97 Å². The number of rotatable bonds is 8. The summed E-state index contributed by atoms with van der Waals surface area (Å²) in [6, 6.07) is 10.7. The average molecular weight is 421 g/mol. The molecule has 0 radical (unpaired) electrons. The molecule has 1 N–H and O–H groups in total. The molecule has 0 aliphatic rings. The number of nitrogens with one attached hydrogen (secondary N) is 1. The van der Waals surface area contributed by atoms with Crippen LogP contribution in [0, 0.1) is 0 Å². The Morgan fingerprint density at radius 3 is 2.71 bits per heavy atom. The average Bonchev–Trinajstić information content (AvgIpc) is 3.35. The lowest BCUT2D eigenvalue weighted by molar-refractivity contribution is -0.143. The lowest BCUT2D eigenvalue weighted by Gasteiger charge is -2.09. The highest BCUT2D eigenvalue weighted by molar-refractivity contribution is 7.99. The summed E-state index contributed by atoms with van der Waals surface area (Å²) in [5, 5.41) is 12.0. The molecule has 10 heteroatoms. The molecule has 1 aromatic carbocycles. The first-order valence-corrected chi connectivity index (χ1v) is 9.75. The van der Waals surface area contributed by atoms with Crippen LogP contribution in [-0.2, 0) is 14.3 Å². The first-order chi connectivity index (χ1) is 13.6. The van der Waals surface area contributed by atoms with E-state index in [-0.39, 0.29) is 24.8 Å². The summed E-state index contributed by atoms with van der Waals surface area (Å²) < 4.78 is 12.0. The molecule has 3 rings (SSSR count). The zero-order chi connectivity index (χ0) is 19.9. The molecule has 28 heavy (non-hydrogen) atoms. The first kappa shape index (κ1) is 20.0. The van der Waals surface area contributed by atoms with Gasteiger partial charge in [0.1, 0.15) is 6.54 Å². The van der Waals surface area contributed by atoms with Crippen LogP contribution >= 0.6 is 23.4 Å². The Bertz CT molecular complexity index is 941. The van der Waals surface area contributed by atoms with Crippen LogP contribution in [0.15, 0.2) is 52.2 Å². The van der Waals surface area contributed by atoms with Gasteiger partial charge in [-0.1, -0.05) is 23.4 Å². The molecule has 2 aromatic heterocycles. The number of furan rings is 1. The third-order valence-electron chi connectivity index (χ3n) is 3.53. The maximum Gasteiger partial charge on any atom is 0.325 e. The molecule has 0 fully saturated rings. The Labute approximate surface area is 170 Å². The van der Waals surface area contributed by atoms with Crippen molar-refractivity contribution in [1.82, 2.24) is 20.1 Å². The summed E-state index contributed by atoms with van der Waals surface area (Å²) in [5.41, 5.74) is 0.773. The molecule has 0 atom stereocenters. The van der Waals surface area contributed by atoms with E-state index in [1.165, 1.54) is 11.8 Å². The summed E-state index contributed by atoms with van der Waals surface area (Å²) in [5.74, 6) is 0.305. The van der Waals surface area contributed by atoms with E-state index in [0.717, 1.165) is 5.69 Å². The number of esters is 1. The van der Waals surface area contributed by atoms with Crippen LogP contribution in [0.2, 0.25) is 5.02 Å². The number of hydrogen-bond donors (Lipinski definition) is 1. The minimum Gasteiger partial charge on any atom is -0.465 e. The molecule has 0 spiro atoms. The molecule has 8 nitrogen and oxygen atoms in total. The molecule has 1 amide bonds. The summed E-state index contributed by atoms with van der Waals surface area (Å²) in [4.78, 5) is 23.4. The highest BCUT2D eigenvalue weighted by atomic mass is 35.5. The van der Waals surface area contributed by atoms with Gasteiger partial charge < -0.3 is 14.5 Å². The molecule has 2 heterocycles. The number of aromatic nitrogens is 3. The van der Waals surface area contributed by atoms with Gasteiger partial charge in [-0.15, -0.1) is 10.2 Å². The van der Waals surface area contributed by atoms with Crippen LogP contribution in [0.3, 0.4) is 0 Å². The normalized spacial score (nSPS) is 10.6. The van der Waals surface area contributed by atoms with Gasteiger partial charge in [0.15, 0.2) is 10.9 Å². The van der Waals surface area contributed by atoms with Gasteiger partial charge in [-0.3, -0.25) is 14.2 Å². The fraction of sp³-hybridized carbons (Fsp3) is 0.222. The van der Waals surface area contributed by atoms with Gasteiger partial charge in [-0.05, 0) is 43.3 Å². The van der Waals surface area contributed by atoms with Crippen molar-refractivity contribution in [2.75, 3.05) is 18.9 Å². The van der Waals surface area contributed by atoms with Gasteiger partial charge in [0.05, 0.1) is 18.6 Å². The van der Waals surface area contributed by atoms with Crippen molar-refractivity contribution >= 4 is 35.2 Å². The highest BCUT2D eigenvalue weighted by Crippen LogP contribution is 2.28. The predicted molar refractivity (Wildman–Crippen MR) is 104 cm³/mol. The number of halogens is 1. The van der Waals surface area contributed by atoms with E-state index in [9.17, 15) is 9.59 Å². The summed E-state index contributed by atoms with van der Waals surface area (Å²) in [6.07, 6.45) is 1.55. The van der Waals surface area contributed by atoms with Crippen molar-refractivity contribution in [1.29, 1.82) is 0 Å². The van der Waals surface area contributed by atoms with E-state index >= 15 is 0 Å². The maximum absolute atomic E-state index is 12.0. The minimum absolute atomic E-state index is 0.0588. The van der Waals surface area contributed by atoms with Crippen molar-refractivity contribution in [3.63, 3.8) is 0 Å². The lowest BCUT2D eigenvalue weighted by atomic mass is 10.3. The molecular formula is C18H17ClN4O4S. The van der Waals surface area contributed by atoms with Crippen molar-refractivity contribution in [3.05, 3.63) is 47.7 Å². The Morgan fingerprint density at radius 1 is 1.25 bits per heavy atom. The molecule has 0 saturated heterocycles. The topological polar surface area (TPSA) is 99.2 Å². The monoisotopic (exact) mass is 420 g/mol. The number of carbonyl (C=O) groups is 2. The third kappa shape index (κ3) is 4.93. The van der Waals surface area contributed by atoms with Crippen molar-refractivity contribution in [3.8, 4) is 17.3 Å². The molecule has 3 aromatic rings. The van der Waals surface area contributed by atoms with E-state index < -0.39 is 5.97 Å². The molecule has 0 unspecified atom stereocenters. The van der Waals surface area contributed by atoms with Crippen LogP contribution in [-0.4, -0.2) is 45.5 Å². The van der Waals surface area contributed by atoms with E-state index in [1.54, 1.807) is 42.0 Å². The summed E-state index contributed by atoms with van der Waals surface area (Å²) in [6.45, 7) is 1.80. The standard InChI is InChI=1S/C18H17ClN4O4S/c1-2-26-16(25)10-20-15(24)11-28-18-22-21-17(14-4-3-9-27-14)23(18)13-7-5-12(19)6-8-13/h3-9H,2,10-11H2,1H3,(H,20,24). The number of carbonyl (C=O) groups excluding carboxylic acids is 2. The second-order valence-electron chi connectivity index (χ2n) is 5.47. The molecule has 0 saturated carbocycles. The molecule has 0 aliphatic heterocycles. The van der Waals surface area contributed by atoms with Crippen molar-refractivity contribution < 1.29 is 18.7 Å². The Balaban J connectivity index is 1.77. The summed E-state index contributed by atoms with van der Waals surface area (Å²) >= 11 is 7.17. The molecule has 0 aliphatic carbocycles. The van der Waals surface area contributed by atoms with Crippen LogP contribution in [0.5, 0.6) is 0 Å². The number of thioether (sulfide) groups is 1. The van der Waals surface area contributed by atoms with Gasteiger partial charge in [0, 0.05) is 10.7 Å². The SMILES string of the molecule is CCOC(=O)CNC(=O)CSc1nnc(-c2ccco2)n1-c1ccc(Cl)cc1. The van der Waals surface area contributed by atoms with E-state index in [4.69, 9.17) is 20.8 Å². The van der Waals surface area contributed by atoms with Crippen LogP contribution < -0.4 is 5.32 Å². The summed E-state index contributed by atoms with van der Waals surface area (Å²) in [7, 11) is 0. The van der Waals surface area contributed by atoms with Gasteiger partial charge in [0.2, 0.25) is 11.7 Å².